The minimum Gasteiger partial charge on any atom is -0.340 e. The summed E-state index contributed by atoms with van der Waals surface area (Å²) in [6.45, 7) is 3.59. The van der Waals surface area contributed by atoms with Gasteiger partial charge in [-0.3, -0.25) is 4.79 Å². The normalized spacial score (nSPS) is 37.1. The fourth-order valence-corrected chi connectivity index (χ4v) is 8.84. The molecule has 4 aliphatic carbocycles. The Hall–Kier alpha value is -1.11. The molecule has 1 saturated heterocycles. The summed E-state index contributed by atoms with van der Waals surface area (Å²) < 4.78 is 27.4. The number of benzene rings is 1. The number of carbonyl (C=O) groups is 1. The van der Waals surface area contributed by atoms with E-state index in [0.29, 0.717) is 42.9 Å². The highest BCUT2D eigenvalue weighted by Crippen LogP contribution is 2.64. The van der Waals surface area contributed by atoms with E-state index in [2.05, 4.69) is 0 Å². The Morgan fingerprint density at radius 3 is 2.14 bits per heavy atom. The number of piperazine rings is 1. The first-order chi connectivity index (χ1) is 13.7. The SMILES string of the molecule is Cc1ccc(S(=O)(=O)N2CCN(C(=O)C34CC5CC(CC(Cl)(C5)C3)C4)CC2)cc1. The first-order valence-corrected chi connectivity index (χ1v) is 12.6. The van der Waals surface area contributed by atoms with Gasteiger partial charge in [-0.2, -0.15) is 4.31 Å². The molecule has 1 aromatic carbocycles. The van der Waals surface area contributed by atoms with Crippen molar-refractivity contribution in [1.82, 2.24) is 9.21 Å². The lowest BCUT2D eigenvalue weighted by Crippen LogP contribution is -2.61. The number of carbonyl (C=O) groups excluding carboxylic acids is 1. The standard InChI is InChI=1S/C22H29ClN2O3S/c1-16-2-4-19(5-3-16)29(27,28)25-8-6-24(7-9-25)20(26)21-11-17-10-18(12-21)14-22(23,13-17)15-21/h2-5,17-18H,6-15H2,1H3. The molecule has 1 aromatic rings. The van der Waals surface area contributed by atoms with Crippen molar-refractivity contribution in [3.63, 3.8) is 0 Å². The first kappa shape index (κ1) is 19.8. The van der Waals surface area contributed by atoms with Crippen molar-refractivity contribution >= 4 is 27.5 Å². The van der Waals surface area contributed by atoms with Crippen molar-refractivity contribution in [2.45, 2.75) is 55.2 Å². The second kappa shape index (κ2) is 6.69. The molecule has 1 aliphatic heterocycles. The molecule has 5 nitrogen and oxygen atoms in total. The second-order valence-electron chi connectivity index (χ2n) is 9.90. The highest BCUT2D eigenvalue weighted by Gasteiger charge is 2.60. The molecule has 2 unspecified atom stereocenters. The molecule has 29 heavy (non-hydrogen) atoms. The van der Waals surface area contributed by atoms with Gasteiger partial charge in [-0.15, -0.1) is 11.6 Å². The number of halogens is 1. The molecule has 158 valence electrons. The van der Waals surface area contributed by atoms with Gasteiger partial charge >= 0.3 is 0 Å². The van der Waals surface area contributed by atoms with Gasteiger partial charge in [-0.05, 0) is 69.4 Å². The Labute approximate surface area is 178 Å². The molecule has 0 aromatic heterocycles. The summed E-state index contributed by atoms with van der Waals surface area (Å²) >= 11 is 6.91. The van der Waals surface area contributed by atoms with Crippen molar-refractivity contribution in [3.05, 3.63) is 29.8 Å². The van der Waals surface area contributed by atoms with Crippen molar-refractivity contribution < 1.29 is 13.2 Å². The summed E-state index contributed by atoms with van der Waals surface area (Å²) in [5.41, 5.74) is 0.733. The van der Waals surface area contributed by atoms with E-state index in [9.17, 15) is 13.2 Å². The van der Waals surface area contributed by atoms with Crippen LogP contribution in [-0.2, 0) is 14.8 Å². The molecule has 4 bridgehead atoms. The zero-order chi connectivity index (χ0) is 20.4. The van der Waals surface area contributed by atoms with E-state index < -0.39 is 10.0 Å². The summed E-state index contributed by atoms with van der Waals surface area (Å²) in [7, 11) is -3.51. The molecule has 7 heteroatoms. The van der Waals surface area contributed by atoms with E-state index in [-0.39, 0.29) is 16.2 Å². The lowest BCUT2D eigenvalue weighted by Gasteiger charge is -2.60. The predicted octanol–water partition coefficient (Wildman–Crippen LogP) is 3.41. The van der Waals surface area contributed by atoms with Gasteiger partial charge in [0.15, 0.2) is 0 Å². The topological polar surface area (TPSA) is 57.7 Å². The van der Waals surface area contributed by atoms with Gasteiger partial charge in [0.2, 0.25) is 15.9 Å². The van der Waals surface area contributed by atoms with Gasteiger partial charge in [0.25, 0.3) is 0 Å². The van der Waals surface area contributed by atoms with Gasteiger partial charge in [-0.1, -0.05) is 17.7 Å². The zero-order valence-corrected chi connectivity index (χ0v) is 18.5. The fraction of sp³-hybridized carbons (Fsp3) is 0.682. The van der Waals surface area contributed by atoms with Gasteiger partial charge in [-0.25, -0.2) is 8.42 Å². The van der Waals surface area contributed by atoms with Gasteiger partial charge < -0.3 is 4.90 Å². The third kappa shape index (κ3) is 3.31. The summed E-state index contributed by atoms with van der Waals surface area (Å²) in [6.07, 6.45) is 6.09. The van der Waals surface area contributed by atoms with Crippen LogP contribution in [0, 0.1) is 24.2 Å². The molecule has 5 aliphatic rings. The van der Waals surface area contributed by atoms with E-state index >= 15 is 0 Å². The maximum absolute atomic E-state index is 13.6. The largest absolute Gasteiger partial charge is 0.340 e. The van der Waals surface area contributed by atoms with Crippen molar-refractivity contribution in [3.8, 4) is 0 Å². The van der Waals surface area contributed by atoms with Crippen molar-refractivity contribution in [2.75, 3.05) is 26.2 Å². The molecule has 0 spiro atoms. The van der Waals surface area contributed by atoms with Crippen LogP contribution in [-0.4, -0.2) is 54.6 Å². The van der Waals surface area contributed by atoms with Gasteiger partial charge in [0, 0.05) is 31.1 Å². The maximum Gasteiger partial charge on any atom is 0.243 e. The minimum atomic E-state index is -3.51. The average molecular weight is 437 g/mol. The molecule has 0 N–H and O–H groups in total. The zero-order valence-electron chi connectivity index (χ0n) is 16.9. The number of hydrogen-bond acceptors (Lipinski definition) is 3. The van der Waals surface area contributed by atoms with E-state index in [1.807, 2.05) is 24.0 Å². The van der Waals surface area contributed by atoms with Crippen LogP contribution in [0.15, 0.2) is 29.2 Å². The molecular weight excluding hydrogens is 408 g/mol. The Balaban J connectivity index is 1.29. The number of sulfonamides is 1. The molecule has 4 saturated carbocycles. The quantitative estimate of drug-likeness (QED) is 0.682. The lowest BCUT2D eigenvalue weighted by molar-refractivity contribution is -0.157. The third-order valence-electron chi connectivity index (χ3n) is 7.63. The van der Waals surface area contributed by atoms with Crippen LogP contribution in [0.1, 0.15) is 44.1 Å². The van der Waals surface area contributed by atoms with Crippen molar-refractivity contribution in [1.29, 1.82) is 0 Å². The van der Waals surface area contributed by atoms with Crippen LogP contribution in [0.25, 0.3) is 0 Å². The highest BCUT2D eigenvalue weighted by atomic mass is 35.5. The van der Waals surface area contributed by atoms with Crippen LogP contribution in [0.2, 0.25) is 0 Å². The van der Waals surface area contributed by atoms with Gasteiger partial charge in [0.05, 0.1) is 10.3 Å². The van der Waals surface area contributed by atoms with E-state index in [4.69, 9.17) is 11.6 Å². The Morgan fingerprint density at radius 2 is 1.59 bits per heavy atom. The monoisotopic (exact) mass is 436 g/mol. The smallest absolute Gasteiger partial charge is 0.243 e. The number of nitrogens with zero attached hydrogens (tertiary/aromatic N) is 2. The number of alkyl halides is 1. The second-order valence-corrected chi connectivity index (χ2v) is 12.6. The first-order valence-electron chi connectivity index (χ1n) is 10.7. The van der Waals surface area contributed by atoms with E-state index in [0.717, 1.165) is 37.7 Å². The van der Waals surface area contributed by atoms with Crippen LogP contribution in [0.4, 0.5) is 0 Å². The Kier molecular flexibility index (Phi) is 4.58. The van der Waals surface area contributed by atoms with Crippen molar-refractivity contribution in [2.24, 2.45) is 17.3 Å². The number of rotatable bonds is 3. The number of hydrogen-bond donors (Lipinski definition) is 0. The summed E-state index contributed by atoms with van der Waals surface area (Å²) in [5.74, 6) is 1.39. The summed E-state index contributed by atoms with van der Waals surface area (Å²) in [4.78, 5) is 15.6. The molecular formula is C22H29ClN2O3S. The molecule has 2 atom stereocenters. The molecule has 1 heterocycles. The maximum atomic E-state index is 13.6. The third-order valence-corrected chi connectivity index (χ3v) is 9.98. The number of amides is 1. The average Bonchev–Trinajstić information content (AvgIpc) is 2.66. The van der Waals surface area contributed by atoms with E-state index in [1.54, 1.807) is 12.1 Å². The molecule has 1 amide bonds. The molecule has 5 fully saturated rings. The Morgan fingerprint density at radius 1 is 1.00 bits per heavy atom. The van der Waals surface area contributed by atoms with Crippen LogP contribution >= 0.6 is 11.6 Å². The van der Waals surface area contributed by atoms with Gasteiger partial charge in [0.1, 0.15) is 0 Å². The van der Waals surface area contributed by atoms with Crippen LogP contribution in [0.3, 0.4) is 0 Å². The van der Waals surface area contributed by atoms with Crippen LogP contribution < -0.4 is 0 Å². The summed E-state index contributed by atoms with van der Waals surface area (Å²) in [5, 5.41) is 0. The van der Waals surface area contributed by atoms with Crippen LogP contribution in [0.5, 0.6) is 0 Å². The fourth-order valence-electron chi connectivity index (χ4n) is 6.73. The predicted molar refractivity (Wildman–Crippen MR) is 112 cm³/mol. The minimum absolute atomic E-state index is 0.184. The lowest BCUT2D eigenvalue weighted by atomic mass is 9.49. The highest BCUT2D eigenvalue weighted by molar-refractivity contribution is 7.89. The summed E-state index contributed by atoms with van der Waals surface area (Å²) in [6, 6.07) is 6.97. The van der Waals surface area contributed by atoms with E-state index in [1.165, 1.54) is 10.7 Å². The Bertz CT molecular complexity index is 908. The number of aryl methyl sites for hydroxylation is 1. The molecule has 6 rings (SSSR count). The molecule has 0 radical (unpaired) electrons.